The molecule has 0 radical (unpaired) electrons. The van der Waals surface area contributed by atoms with Gasteiger partial charge in [-0.25, -0.2) is 22.6 Å². The second-order valence-electron chi connectivity index (χ2n) is 9.41. The van der Waals surface area contributed by atoms with Crippen LogP contribution in [-0.4, -0.2) is 61.7 Å². The molecule has 15 heteroatoms. The summed E-state index contributed by atoms with van der Waals surface area (Å²) in [5.41, 5.74) is 3.43. The number of alkyl halides is 3. The van der Waals surface area contributed by atoms with E-state index in [0.29, 0.717) is 5.69 Å². The van der Waals surface area contributed by atoms with Crippen LogP contribution in [0.25, 0.3) is 0 Å². The van der Waals surface area contributed by atoms with Crippen molar-refractivity contribution in [3.05, 3.63) is 69.8 Å². The lowest BCUT2D eigenvalue weighted by Crippen LogP contribution is -2.38. The predicted octanol–water partition coefficient (Wildman–Crippen LogP) is 5.57. The topological polar surface area (TPSA) is 103 Å². The molecule has 1 saturated carbocycles. The monoisotopic (exact) mass is 620 g/mol. The molecule has 216 valence electrons. The van der Waals surface area contributed by atoms with E-state index in [2.05, 4.69) is 38.9 Å². The van der Waals surface area contributed by atoms with Gasteiger partial charge < -0.3 is 10.0 Å². The van der Waals surface area contributed by atoms with Crippen molar-refractivity contribution < 1.29 is 35.9 Å². The highest BCUT2D eigenvalue weighted by atomic mass is 35.5. The number of hydrogen-bond acceptors (Lipinski definition) is 7. The molecule has 2 aliphatic rings. The highest BCUT2D eigenvalue weighted by Crippen LogP contribution is 2.52. The van der Waals surface area contributed by atoms with Crippen LogP contribution in [0.2, 0.25) is 5.02 Å². The Bertz CT molecular complexity index is 1450. The van der Waals surface area contributed by atoms with Crippen molar-refractivity contribution in [3.8, 4) is 0 Å². The van der Waals surface area contributed by atoms with Crippen molar-refractivity contribution in [1.29, 1.82) is 0 Å². The maximum atomic E-state index is 15.0. The van der Waals surface area contributed by atoms with Crippen molar-refractivity contribution in [2.24, 2.45) is 0 Å². The van der Waals surface area contributed by atoms with E-state index in [1.165, 1.54) is 39.9 Å². The van der Waals surface area contributed by atoms with Gasteiger partial charge in [-0.1, -0.05) is 41.9 Å². The number of carbonyl (C=O) groups is 1. The maximum Gasteiger partial charge on any atom is 0.490 e. The number of carboxylic acids is 1. The fraction of sp³-hybridized carbons (Fsp3) is 0.360. The van der Waals surface area contributed by atoms with E-state index in [1.54, 1.807) is 0 Å². The second-order valence-corrected chi connectivity index (χ2v) is 12.2. The lowest BCUT2D eigenvalue weighted by molar-refractivity contribution is -0.192. The fourth-order valence-electron chi connectivity index (χ4n) is 4.75. The third kappa shape index (κ3) is 6.51. The van der Waals surface area contributed by atoms with Gasteiger partial charge >= 0.3 is 12.1 Å². The van der Waals surface area contributed by atoms with Crippen LogP contribution in [0.4, 0.5) is 29.1 Å². The molecule has 1 aromatic heterocycles. The normalized spacial score (nSPS) is 18.5. The SMILES string of the molecule is CN(c1cc(F)c(S(=O)(=O)Nc2cscn2)cc1Cl)C1CCN(C2(c3ccccc3)CC2)C1.O=C(O)C(F)(F)F. The summed E-state index contributed by atoms with van der Waals surface area (Å²) in [5, 5.41) is 8.85. The summed E-state index contributed by atoms with van der Waals surface area (Å²) in [5.74, 6) is -3.45. The van der Waals surface area contributed by atoms with Crippen LogP contribution in [0, 0.1) is 5.82 Å². The van der Waals surface area contributed by atoms with E-state index in [-0.39, 0.29) is 22.4 Å². The fourth-order valence-corrected chi connectivity index (χ4v) is 6.75. The van der Waals surface area contributed by atoms with Gasteiger partial charge in [0.15, 0.2) is 5.82 Å². The number of thiazole rings is 1. The van der Waals surface area contributed by atoms with E-state index in [9.17, 15) is 26.0 Å². The molecule has 2 N–H and O–H groups in total. The molecular weight excluding hydrogens is 596 g/mol. The lowest BCUT2D eigenvalue weighted by atomic mass is 10.0. The number of nitrogens with zero attached hydrogens (tertiary/aromatic N) is 3. The number of benzene rings is 2. The van der Waals surface area contributed by atoms with E-state index in [1.807, 2.05) is 18.0 Å². The van der Waals surface area contributed by atoms with Crippen molar-refractivity contribution in [1.82, 2.24) is 9.88 Å². The highest BCUT2D eigenvalue weighted by molar-refractivity contribution is 7.92. The zero-order chi connectivity index (χ0) is 29.3. The Morgan fingerprint density at radius 1 is 1.25 bits per heavy atom. The molecule has 1 atom stereocenters. The molecule has 5 rings (SSSR count). The molecule has 0 bridgehead atoms. The van der Waals surface area contributed by atoms with Crippen molar-refractivity contribution >= 4 is 50.4 Å². The molecule has 1 aliphatic heterocycles. The van der Waals surface area contributed by atoms with Gasteiger partial charge in [0.1, 0.15) is 10.7 Å². The molecule has 3 aromatic rings. The van der Waals surface area contributed by atoms with E-state index in [4.69, 9.17) is 21.5 Å². The summed E-state index contributed by atoms with van der Waals surface area (Å²) in [6.07, 6.45) is -1.88. The molecule has 2 aromatic carbocycles. The molecule has 8 nitrogen and oxygen atoms in total. The number of carboxylic acid groups (broad SMARTS) is 1. The van der Waals surface area contributed by atoms with Gasteiger partial charge in [-0.15, -0.1) is 11.3 Å². The molecule has 0 spiro atoms. The van der Waals surface area contributed by atoms with Gasteiger partial charge in [0.25, 0.3) is 10.0 Å². The first-order valence-electron chi connectivity index (χ1n) is 12.0. The van der Waals surface area contributed by atoms with Crippen molar-refractivity contribution in [2.75, 3.05) is 29.8 Å². The van der Waals surface area contributed by atoms with E-state index in [0.717, 1.165) is 32.4 Å². The van der Waals surface area contributed by atoms with E-state index < -0.39 is 32.9 Å². The molecule has 2 fully saturated rings. The molecule has 1 aliphatic carbocycles. The number of likely N-dealkylation sites (tertiary alicyclic amines) is 1. The Labute approximate surface area is 237 Å². The number of rotatable bonds is 7. The number of halogens is 5. The van der Waals surface area contributed by atoms with Crippen molar-refractivity contribution in [3.63, 3.8) is 0 Å². The molecule has 40 heavy (non-hydrogen) atoms. The molecule has 0 amide bonds. The number of hydrogen-bond donors (Lipinski definition) is 2. The Morgan fingerprint density at radius 3 is 2.45 bits per heavy atom. The Hall–Kier alpha value is -2.94. The predicted molar refractivity (Wildman–Crippen MR) is 144 cm³/mol. The number of aliphatic carboxylic acids is 1. The summed E-state index contributed by atoms with van der Waals surface area (Å²) < 4.78 is 74.3. The Morgan fingerprint density at radius 2 is 1.90 bits per heavy atom. The first kappa shape index (κ1) is 30.0. The quantitative estimate of drug-likeness (QED) is 0.333. The highest BCUT2D eigenvalue weighted by Gasteiger charge is 2.51. The third-order valence-corrected chi connectivity index (χ3v) is 9.19. The van der Waals surface area contributed by atoms with Gasteiger partial charge in [-0.2, -0.15) is 13.2 Å². The standard InChI is InChI=1S/C23H24ClFN4O2S2.C2HF3O2/c1-28(17-7-10-29(13-17)23(8-9-23)16-5-3-2-4-6-16)20-12-19(25)21(11-18(20)24)33(30,31)27-22-14-32-15-26-22;3-2(4,5)1(6)7/h2-6,11-12,14-15,17,27H,7-10,13H2,1H3;(H,6,7). The number of aromatic nitrogens is 1. The van der Waals surface area contributed by atoms with Crippen molar-refractivity contribution in [2.45, 2.75) is 41.9 Å². The zero-order valence-corrected chi connectivity index (χ0v) is 23.4. The molecule has 1 unspecified atom stereocenters. The van der Waals surface area contributed by atoms with Gasteiger partial charge in [-0.3, -0.25) is 9.62 Å². The Balaban J connectivity index is 0.000000470. The minimum atomic E-state index is -5.08. The van der Waals surface area contributed by atoms with E-state index >= 15 is 0 Å². The van der Waals surface area contributed by atoms with Crippen LogP contribution < -0.4 is 9.62 Å². The average molecular weight is 621 g/mol. The van der Waals surface area contributed by atoms with Crippen LogP contribution in [0.15, 0.2) is 58.3 Å². The lowest BCUT2D eigenvalue weighted by Gasteiger charge is -2.31. The first-order valence-corrected chi connectivity index (χ1v) is 14.8. The summed E-state index contributed by atoms with van der Waals surface area (Å²) >= 11 is 7.71. The summed E-state index contributed by atoms with van der Waals surface area (Å²) in [7, 11) is -2.25. The smallest absolute Gasteiger partial charge is 0.475 e. The van der Waals surface area contributed by atoms with Gasteiger partial charge in [0.2, 0.25) is 0 Å². The number of likely N-dealkylation sites (N-methyl/N-ethyl adjacent to an activating group) is 1. The number of anilines is 2. The largest absolute Gasteiger partial charge is 0.490 e. The number of sulfonamides is 1. The molecule has 2 heterocycles. The van der Waals surface area contributed by atoms with Gasteiger partial charge in [0, 0.05) is 43.2 Å². The summed E-state index contributed by atoms with van der Waals surface area (Å²) in [6.45, 7) is 1.79. The summed E-state index contributed by atoms with van der Waals surface area (Å²) in [6, 6.07) is 13.1. The first-order chi connectivity index (χ1) is 18.7. The van der Waals surface area contributed by atoms with Gasteiger partial charge in [0.05, 0.1) is 16.2 Å². The number of nitrogens with one attached hydrogen (secondary N) is 1. The third-order valence-electron chi connectivity index (χ3n) is 6.94. The molecular formula is C25H25ClF4N4O4S2. The minimum Gasteiger partial charge on any atom is -0.475 e. The van der Waals surface area contributed by atoms with Crippen LogP contribution in [0.3, 0.4) is 0 Å². The summed E-state index contributed by atoms with van der Waals surface area (Å²) in [4.78, 5) is 16.8. The Kier molecular flexibility index (Phi) is 8.64. The van der Waals surface area contributed by atoms with Crippen LogP contribution in [-0.2, 0) is 20.4 Å². The minimum absolute atomic E-state index is 0.102. The van der Waals surface area contributed by atoms with Crippen LogP contribution in [0.5, 0.6) is 0 Å². The van der Waals surface area contributed by atoms with Gasteiger partial charge in [-0.05, 0) is 30.9 Å². The van der Waals surface area contributed by atoms with Crippen LogP contribution in [0.1, 0.15) is 24.8 Å². The second kappa shape index (κ2) is 11.5. The maximum absolute atomic E-state index is 15.0. The molecule has 1 saturated heterocycles. The average Bonchev–Trinajstić information content (AvgIpc) is 3.28. The van der Waals surface area contributed by atoms with Crippen LogP contribution >= 0.6 is 22.9 Å². The zero-order valence-electron chi connectivity index (χ0n) is 21.0.